The predicted octanol–water partition coefficient (Wildman–Crippen LogP) is 5.46. The lowest BCUT2D eigenvalue weighted by Gasteiger charge is -2.10. The number of carbonyl (C=O) groups excluding carboxylic acids is 1. The van der Waals surface area contributed by atoms with Crippen LogP contribution in [0.1, 0.15) is 22.3 Å². The summed E-state index contributed by atoms with van der Waals surface area (Å²) in [6.07, 6.45) is 1.57. The number of amides is 1. The highest BCUT2D eigenvalue weighted by Crippen LogP contribution is 2.30. The van der Waals surface area contributed by atoms with Crippen molar-refractivity contribution in [3.8, 4) is 6.07 Å². The number of hydrogen-bond donors (Lipinski definition) is 1. The molecule has 0 saturated carbocycles. The van der Waals surface area contributed by atoms with Crippen molar-refractivity contribution in [3.63, 3.8) is 0 Å². The van der Waals surface area contributed by atoms with Crippen LogP contribution in [0.2, 0.25) is 10.0 Å². The van der Waals surface area contributed by atoms with Crippen LogP contribution in [0, 0.1) is 32.1 Å². The van der Waals surface area contributed by atoms with Gasteiger partial charge in [-0.15, -0.1) is 0 Å². The van der Waals surface area contributed by atoms with Crippen molar-refractivity contribution < 1.29 is 4.79 Å². The minimum Gasteiger partial charge on any atom is -0.319 e. The molecule has 0 spiro atoms. The molecule has 0 heterocycles. The van der Waals surface area contributed by atoms with E-state index >= 15 is 0 Å². The number of halogens is 2. The number of aryl methyl sites for hydroxylation is 3. The molecule has 2 rings (SSSR count). The zero-order valence-corrected chi connectivity index (χ0v) is 15.1. The summed E-state index contributed by atoms with van der Waals surface area (Å²) in [6.45, 7) is 5.95. The van der Waals surface area contributed by atoms with Gasteiger partial charge in [0.25, 0.3) is 5.91 Å². The van der Waals surface area contributed by atoms with Crippen LogP contribution in [0.3, 0.4) is 0 Å². The molecule has 0 aliphatic rings. The number of nitrogens with zero attached hydrogens (tertiary/aromatic N) is 1. The fourth-order valence-electron chi connectivity index (χ4n) is 2.24. The SMILES string of the molecule is Cc1cc(C)c(/C=C(\C#N)C(=O)Nc2c(Cl)cccc2Cl)cc1C. The van der Waals surface area contributed by atoms with Crippen molar-refractivity contribution in [1.82, 2.24) is 0 Å². The first-order valence-electron chi connectivity index (χ1n) is 7.28. The van der Waals surface area contributed by atoms with Crippen LogP contribution in [-0.4, -0.2) is 5.91 Å². The number of rotatable bonds is 3. The Kier molecular flexibility index (Phi) is 5.66. The molecule has 1 N–H and O–H groups in total. The van der Waals surface area contributed by atoms with Crippen molar-refractivity contribution in [2.24, 2.45) is 0 Å². The first kappa shape index (κ1) is 18.1. The molecule has 2 aromatic carbocycles. The van der Waals surface area contributed by atoms with Crippen molar-refractivity contribution in [1.29, 1.82) is 5.26 Å². The first-order valence-corrected chi connectivity index (χ1v) is 8.04. The molecule has 2 aromatic rings. The minimum atomic E-state index is -0.551. The van der Waals surface area contributed by atoms with Gasteiger partial charge in [0.2, 0.25) is 0 Å². The summed E-state index contributed by atoms with van der Waals surface area (Å²) < 4.78 is 0. The summed E-state index contributed by atoms with van der Waals surface area (Å²) in [7, 11) is 0. The van der Waals surface area contributed by atoms with E-state index in [0.717, 1.165) is 22.3 Å². The molecule has 0 fully saturated rings. The van der Waals surface area contributed by atoms with Gasteiger partial charge in [-0.25, -0.2) is 0 Å². The largest absolute Gasteiger partial charge is 0.319 e. The van der Waals surface area contributed by atoms with Crippen LogP contribution in [0.5, 0.6) is 0 Å². The van der Waals surface area contributed by atoms with E-state index in [2.05, 4.69) is 5.32 Å². The van der Waals surface area contributed by atoms with E-state index in [4.69, 9.17) is 23.2 Å². The quantitative estimate of drug-likeness (QED) is 0.584. The molecule has 122 valence electrons. The Balaban J connectivity index is 2.37. The zero-order chi connectivity index (χ0) is 17.9. The maximum absolute atomic E-state index is 12.4. The van der Waals surface area contributed by atoms with Crippen LogP contribution < -0.4 is 5.32 Å². The van der Waals surface area contributed by atoms with Gasteiger partial charge >= 0.3 is 0 Å². The molecule has 0 aromatic heterocycles. The highest BCUT2D eigenvalue weighted by molar-refractivity contribution is 6.40. The molecule has 5 heteroatoms. The van der Waals surface area contributed by atoms with Gasteiger partial charge in [0.05, 0.1) is 15.7 Å². The van der Waals surface area contributed by atoms with Crippen LogP contribution >= 0.6 is 23.2 Å². The Hall–Kier alpha value is -2.28. The molecule has 1 amide bonds. The second-order valence-corrected chi connectivity index (χ2v) is 6.33. The highest BCUT2D eigenvalue weighted by Gasteiger charge is 2.14. The topological polar surface area (TPSA) is 52.9 Å². The number of para-hydroxylation sites is 1. The number of nitriles is 1. The van der Waals surface area contributed by atoms with E-state index in [1.165, 1.54) is 0 Å². The zero-order valence-electron chi connectivity index (χ0n) is 13.6. The maximum atomic E-state index is 12.4. The fraction of sp³-hybridized carbons (Fsp3) is 0.158. The lowest BCUT2D eigenvalue weighted by atomic mass is 9.99. The van der Waals surface area contributed by atoms with E-state index in [1.54, 1.807) is 24.3 Å². The van der Waals surface area contributed by atoms with Gasteiger partial charge in [-0.05, 0) is 61.2 Å². The molecule has 0 unspecified atom stereocenters. The van der Waals surface area contributed by atoms with Crippen molar-refractivity contribution in [3.05, 3.63) is 68.2 Å². The maximum Gasteiger partial charge on any atom is 0.266 e. The first-order chi connectivity index (χ1) is 11.3. The monoisotopic (exact) mass is 358 g/mol. The van der Waals surface area contributed by atoms with E-state index in [9.17, 15) is 10.1 Å². The van der Waals surface area contributed by atoms with E-state index < -0.39 is 5.91 Å². The predicted molar refractivity (Wildman–Crippen MR) is 99.3 cm³/mol. The lowest BCUT2D eigenvalue weighted by molar-refractivity contribution is -0.112. The fourth-order valence-corrected chi connectivity index (χ4v) is 2.73. The van der Waals surface area contributed by atoms with Gasteiger partial charge in [-0.2, -0.15) is 5.26 Å². The Morgan fingerprint density at radius 3 is 2.25 bits per heavy atom. The molecule has 0 bridgehead atoms. The van der Waals surface area contributed by atoms with Gasteiger partial charge in [0.15, 0.2) is 0 Å². The summed E-state index contributed by atoms with van der Waals surface area (Å²) in [4.78, 5) is 12.4. The lowest BCUT2D eigenvalue weighted by Crippen LogP contribution is -2.14. The Bertz CT molecular complexity index is 859. The van der Waals surface area contributed by atoms with Gasteiger partial charge < -0.3 is 5.32 Å². The van der Waals surface area contributed by atoms with Crippen molar-refractivity contribution in [2.75, 3.05) is 5.32 Å². The summed E-state index contributed by atoms with van der Waals surface area (Å²) >= 11 is 12.1. The van der Waals surface area contributed by atoms with Gasteiger partial charge in [0.1, 0.15) is 11.6 Å². The van der Waals surface area contributed by atoms with Gasteiger partial charge in [0, 0.05) is 0 Å². The molecular weight excluding hydrogens is 343 g/mol. The molecule has 0 aliphatic carbocycles. The Morgan fingerprint density at radius 1 is 1.08 bits per heavy atom. The Labute approximate surface area is 151 Å². The van der Waals surface area contributed by atoms with Crippen LogP contribution in [-0.2, 0) is 4.79 Å². The number of carbonyl (C=O) groups is 1. The number of nitrogens with one attached hydrogen (secondary N) is 1. The van der Waals surface area contributed by atoms with Crippen LogP contribution in [0.4, 0.5) is 5.69 Å². The molecule has 0 radical (unpaired) electrons. The molecule has 3 nitrogen and oxygen atoms in total. The Morgan fingerprint density at radius 2 is 1.67 bits per heavy atom. The smallest absolute Gasteiger partial charge is 0.266 e. The van der Waals surface area contributed by atoms with Crippen molar-refractivity contribution in [2.45, 2.75) is 20.8 Å². The normalized spacial score (nSPS) is 11.1. The molecule has 0 atom stereocenters. The van der Waals surface area contributed by atoms with Gasteiger partial charge in [-0.3, -0.25) is 4.79 Å². The third kappa shape index (κ3) is 3.97. The summed E-state index contributed by atoms with van der Waals surface area (Å²) in [5, 5.41) is 12.6. The summed E-state index contributed by atoms with van der Waals surface area (Å²) in [5.74, 6) is -0.551. The van der Waals surface area contributed by atoms with Crippen LogP contribution in [0.15, 0.2) is 35.9 Å². The molecule has 0 aliphatic heterocycles. The average Bonchev–Trinajstić information content (AvgIpc) is 2.53. The van der Waals surface area contributed by atoms with E-state index in [0.29, 0.717) is 15.7 Å². The average molecular weight is 359 g/mol. The van der Waals surface area contributed by atoms with E-state index in [-0.39, 0.29) is 5.57 Å². The summed E-state index contributed by atoms with van der Waals surface area (Å²) in [6, 6.07) is 10.8. The van der Waals surface area contributed by atoms with Gasteiger partial charge in [-0.1, -0.05) is 41.4 Å². The number of anilines is 1. The van der Waals surface area contributed by atoms with Crippen LogP contribution in [0.25, 0.3) is 6.08 Å². The number of hydrogen-bond acceptors (Lipinski definition) is 2. The standard InChI is InChI=1S/C19H16Cl2N2O/c1-11-7-13(3)14(8-12(11)2)9-15(10-22)19(24)23-18-16(20)5-4-6-17(18)21/h4-9H,1-3H3,(H,23,24)/b15-9+. The molecular formula is C19H16Cl2N2O. The third-order valence-electron chi connectivity index (χ3n) is 3.75. The summed E-state index contributed by atoms with van der Waals surface area (Å²) in [5.41, 5.74) is 4.36. The number of benzene rings is 2. The van der Waals surface area contributed by atoms with Crippen molar-refractivity contribution >= 4 is 40.9 Å². The second-order valence-electron chi connectivity index (χ2n) is 5.51. The molecule has 0 saturated heterocycles. The second kappa shape index (κ2) is 7.53. The minimum absolute atomic E-state index is 0.0164. The molecule has 24 heavy (non-hydrogen) atoms. The van der Waals surface area contributed by atoms with E-state index in [1.807, 2.05) is 39.0 Å². The third-order valence-corrected chi connectivity index (χ3v) is 4.38. The highest BCUT2D eigenvalue weighted by atomic mass is 35.5.